The summed E-state index contributed by atoms with van der Waals surface area (Å²) in [6.45, 7) is 4.44. The molecule has 0 radical (unpaired) electrons. The lowest BCUT2D eigenvalue weighted by atomic mass is 9.95. The third-order valence-electron chi connectivity index (χ3n) is 6.06. The van der Waals surface area contributed by atoms with Gasteiger partial charge < -0.3 is 20.3 Å². The van der Waals surface area contributed by atoms with E-state index in [-0.39, 0.29) is 29.8 Å². The van der Waals surface area contributed by atoms with Crippen LogP contribution in [-0.2, 0) is 20.7 Å². The molecule has 7 nitrogen and oxygen atoms in total. The van der Waals surface area contributed by atoms with Crippen molar-refractivity contribution >= 4 is 17.9 Å². The predicted molar refractivity (Wildman–Crippen MR) is 130 cm³/mol. The Morgan fingerprint density at radius 2 is 1.76 bits per heavy atom. The maximum absolute atomic E-state index is 12.8. The number of amides is 3. The van der Waals surface area contributed by atoms with Gasteiger partial charge in [0.25, 0.3) is 0 Å². The zero-order valence-electron chi connectivity index (χ0n) is 20.6. The number of hydrogen-bond donors (Lipinski definition) is 2. The van der Waals surface area contributed by atoms with Gasteiger partial charge in [0.15, 0.2) is 0 Å². The number of alkyl carbamates (subject to hydrolysis) is 1. The molecule has 0 spiro atoms. The Kier molecular flexibility index (Phi) is 11.2. The van der Waals surface area contributed by atoms with Crippen LogP contribution >= 0.6 is 0 Å². The van der Waals surface area contributed by atoms with Gasteiger partial charge in [-0.05, 0) is 43.6 Å². The van der Waals surface area contributed by atoms with E-state index < -0.39 is 12.1 Å². The van der Waals surface area contributed by atoms with Gasteiger partial charge in [-0.15, -0.1) is 0 Å². The molecular formula is C26H41N3O4. The van der Waals surface area contributed by atoms with Crippen LogP contribution in [0.2, 0.25) is 0 Å². The van der Waals surface area contributed by atoms with Gasteiger partial charge >= 0.3 is 6.09 Å². The average molecular weight is 460 g/mol. The highest BCUT2D eigenvalue weighted by Crippen LogP contribution is 2.19. The molecule has 1 aromatic rings. The molecule has 33 heavy (non-hydrogen) atoms. The molecule has 1 fully saturated rings. The van der Waals surface area contributed by atoms with E-state index in [4.69, 9.17) is 4.74 Å². The van der Waals surface area contributed by atoms with E-state index in [9.17, 15) is 14.4 Å². The summed E-state index contributed by atoms with van der Waals surface area (Å²) in [7, 11) is 3.55. The van der Waals surface area contributed by atoms with Crippen molar-refractivity contribution in [3.63, 3.8) is 0 Å². The monoisotopic (exact) mass is 459 g/mol. The van der Waals surface area contributed by atoms with Gasteiger partial charge in [0.2, 0.25) is 11.8 Å². The minimum atomic E-state index is -0.664. The SMILES string of the molecule is CC(C)C[C@@H]1NC(=O)OC(Cc2ccccc2)CCCCCC(C(=O)N(C)C)CCNC1=O. The molecule has 2 unspecified atom stereocenters. The van der Waals surface area contributed by atoms with Crippen molar-refractivity contribution in [3.8, 4) is 0 Å². The van der Waals surface area contributed by atoms with Crippen LogP contribution in [0.5, 0.6) is 0 Å². The summed E-state index contributed by atoms with van der Waals surface area (Å²) in [6, 6.07) is 9.32. The molecule has 2 N–H and O–H groups in total. The molecule has 0 bridgehead atoms. The lowest BCUT2D eigenvalue weighted by molar-refractivity contribution is -0.133. The molecule has 3 amide bonds. The van der Waals surface area contributed by atoms with Crippen molar-refractivity contribution in [1.29, 1.82) is 0 Å². The first-order chi connectivity index (χ1) is 15.8. The van der Waals surface area contributed by atoms with E-state index in [2.05, 4.69) is 10.6 Å². The molecule has 7 heteroatoms. The zero-order chi connectivity index (χ0) is 24.2. The molecule has 1 aromatic carbocycles. The quantitative estimate of drug-likeness (QED) is 0.699. The van der Waals surface area contributed by atoms with Crippen LogP contribution < -0.4 is 10.6 Å². The summed E-state index contributed by atoms with van der Waals surface area (Å²) in [5.74, 6) is -0.0108. The van der Waals surface area contributed by atoms with Gasteiger partial charge in [-0.1, -0.05) is 57.0 Å². The molecule has 184 valence electrons. The number of cyclic esters (lactones) is 1. The Labute approximate surface area is 198 Å². The van der Waals surface area contributed by atoms with Crippen LogP contribution in [-0.4, -0.2) is 55.6 Å². The molecular weight excluding hydrogens is 418 g/mol. The van der Waals surface area contributed by atoms with E-state index in [0.29, 0.717) is 25.8 Å². The highest BCUT2D eigenvalue weighted by molar-refractivity contribution is 5.85. The lowest BCUT2D eigenvalue weighted by Crippen LogP contribution is -2.48. The molecule has 1 heterocycles. The minimum absolute atomic E-state index is 0.103. The normalized spacial score (nSPS) is 23.5. The summed E-state index contributed by atoms with van der Waals surface area (Å²) in [5.41, 5.74) is 1.11. The summed E-state index contributed by atoms with van der Waals surface area (Å²) >= 11 is 0. The van der Waals surface area contributed by atoms with Crippen molar-refractivity contribution in [1.82, 2.24) is 15.5 Å². The maximum atomic E-state index is 12.8. The van der Waals surface area contributed by atoms with Gasteiger partial charge in [0.1, 0.15) is 12.1 Å². The average Bonchev–Trinajstić information content (AvgIpc) is 2.76. The Morgan fingerprint density at radius 1 is 1.06 bits per heavy atom. The number of ether oxygens (including phenoxy) is 1. The molecule has 0 saturated carbocycles. The number of nitrogens with zero attached hydrogens (tertiary/aromatic N) is 1. The number of carbonyl (C=O) groups excluding carboxylic acids is 3. The Hall–Kier alpha value is -2.57. The van der Waals surface area contributed by atoms with Gasteiger partial charge in [-0.3, -0.25) is 9.59 Å². The first kappa shape index (κ1) is 26.7. The van der Waals surface area contributed by atoms with Crippen LogP contribution in [0.4, 0.5) is 4.79 Å². The number of rotatable bonds is 5. The van der Waals surface area contributed by atoms with Crippen LogP contribution in [0.1, 0.15) is 64.4 Å². The second-order valence-electron chi connectivity index (χ2n) is 9.69. The standard InChI is InChI=1S/C26H41N3O4/c1-19(2)17-23-24(30)27-16-15-21(25(31)29(3)4)13-9-6-10-14-22(33-26(32)28-23)18-20-11-7-5-8-12-20/h5,7-8,11-12,19,21-23H,6,9-10,13-18H2,1-4H3,(H,27,30)(H,28,32)/t21?,22?,23-/m0/s1. The van der Waals surface area contributed by atoms with Crippen LogP contribution in [0.25, 0.3) is 0 Å². The fraction of sp³-hybridized carbons (Fsp3) is 0.654. The van der Waals surface area contributed by atoms with E-state index in [0.717, 1.165) is 37.7 Å². The number of hydrogen-bond acceptors (Lipinski definition) is 4. The third kappa shape index (κ3) is 9.84. The molecule has 0 aliphatic carbocycles. The predicted octanol–water partition coefficient (Wildman–Crippen LogP) is 3.91. The third-order valence-corrected chi connectivity index (χ3v) is 6.06. The van der Waals surface area contributed by atoms with Crippen LogP contribution in [0.15, 0.2) is 30.3 Å². The molecule has 0 aromatic heterocycles. The Balaban J connectivity index is 2.14. The first-order valence-corrected chi connectivity index (χ1v) is 12.3. The lowest BCUT2D eigenvalue weighted by Gasteiger charge is -2.23. The first-order valence-electron chi connectivity index (χ1n) is 12.3. The van der Waals surface area contributed by atoms with E-state index in [1.165, 1.54) is 0 Å². The second kappa shape index (κ2) is 13.9. The maximum Gasteiger partial charge on any atom is 0.408 e. The fourth-order valence-corrected chi connectivity index (χ4v) is 4.30. The van der Waals surface area contributed by atoms with Gasteiger partial charge in [-0.2, -0.15) is 0 Å². The van der Waals surface area contributed by atoms with Crippen LogP contribution in [0.3, 0.4) is 0 Å². The fourth-order valence-electron chi connectivity index (χ4n) is 4.30. The van der Waals surface area contributed by atoms with Gasteiger partial charge in [-0.25, -0.2) is 4.79 Å². The summed E-state index contributed by atoms with van der Waals surface area (Å²) in [5, 5.41) is 5.71. The van der Waals surface area contributed by atoms with E-state index in [1.807, 2.05) is 44.2 Å². The topological polar surface area (TPSA) is 87.7 Å². The largest absolute Gasteiger partial charge is 0.446 e. The highest BCUT2D eigenvalue weighted by Gasteiger charge is 2.26. The number of carbonyl (C=O) groups is 3. The van der Waals surface area contributed by atoms with Crippen molar-refractivity contribution in [2.24, 2.45) is 11.8 Å². The minimum Gasteiger partial charge on any atom is -0.446 e. The summed E-state index contributed by atoms with van der Waals surface area (Å²) < 4.78 is 5.79. The van der Waals surface area contributed by atoms with E-state index in [1.54, 1.807) is 19.0 Å². The molecule has 3 atom stereocenters. The molecule has 1 saturated heterocycles. The molecule has 1 aliphatic heterocycles. The van der Waals surface area contributed by atoms with Gasteiger partial charge in [0.05, 0.1) is 0 Å². The molecule has 2 rings (SSSR count). The number of benzene rings is 1. The number of nitrogens with one attached hydrogen (secondary N) is 2. The summed E-state index contributed by atoms with van der Waals surface area (Å²) in [4.78, 5) is 39.8. The van der Waals surface area contributed by atoms with E-state index >= 15 is 0 Å². The summed E-state index contributed by atoms with van der Waals surface area (Å²) in [6.07, 6.45) is 5.29. The van der Waals surface area contributed by atoms with Crippen LogP contribution in [0, 0.1) is 11.8 Å². The van der Waals surface area contributed by atoms with Crippen molar-refractivity contribution in [3.05, 3.63) is 35.9 Å². The second-order valence-corrected chi connectivity index (χ2v) is 9.69. The highest BCUT2D eigenvalue weighted by atomic mass is 16.6. The Bertz CT molecular complexity index is 751. The van der Waals surface area contributed by atoms with Gasteiger partial charge in [0, 0.05) is 33.0 Å². The zero-order valence-corrected chi connectivity index (χ0v) is 20.6. The van der Waals surface area contributed by atoms with Crippen molar-refractivity contribution in [2.45, 2.75) is 77.4 Å². The molecule has 1 aliphatic rings. The van der Waals surface area contributed by atoms with Crippen molar-refractivity contribution in [2.75, 3.05) is 20.6 Å². The van der Waals surface area contributed by atoms with Crippen molar-refractivity contribution < 1.29 is 19.1 Å². The Morgan fingerprint density at radius 3 is 2.42 bits per heavy atom. The smallest absolute Gasteiger partial charge is 0.408 e.